The van der Waals surface area contributed by atoms with Crippen LogP contribution in [0.15, 0.2) is 47.9 Å². The Labute approximate surface area is 156 Å². The van der Waals surface area contributed by atoms with Gasteiger partial charge in [0.25, 0.3) is 0 Å². The summed E-state index contributed by atoms with van der Waals surface area (Å²) >= 11 is 1.65. The topological polar surface area (TPSA) is 72.8 Å². The van der Waals surface area contributed by atoms with Gasteiger partial charge in [-0.1, -0.05) is 42.5 Å². The number of nitrogens with one attached hydrogen (secondary N) is 1. The highest BCUT2D eigenvalue weighted by Gasteiger charge is 2.16. The lowest BCUT2D eigenvalue weighted by Crippen LogP contribution is -2.45. The maximum atomic E-state index is 11.7. The van der Waals surface area contributed by atoms with Gasteiger partial charge in [-0.15, -0.1) is 11.8 Å². The summed E-state index contributed by atoms with van der Waals surface area (Å²) in [4.78, 5) is 13.7. The Hall–Kier alpha value is -1.50. The lowest BCUT2D eigenvalue weighted by Gasteiger charge is -2.27. The summed E-state index contributed by atoms with van der Waals surface area (Å²) in [5.74, 6) is 0. The number of carbonyl (C=O) groups is 1. The molecule has 3 N–H and O–H groups in total. The van der Waals surface area contributed by atoms with E-state index in [9.17, 15) is 4.79 Å². The Morgan fingerprint density at radius 3 is 1.88 bits per heavy atom. The smallest absolute Gasteiger partial charge is 0.317 e. The highest BCUT2D eigenvalue weighted by atomic mass is 32.2. The predicted molar refractivity (Wildman–Crippen MR) is 106 cm³/mol. The summed E-state index contributed by atoms with van der Waals surface area (Å²) < 4.78 is 0. The highest BCUT2D eigenvalue weighted by Crippen LogP contribution is 2.08. The van der Waals surface area contributed by atoms with Crippen molar-refractivity contribution in [3.05, 3.63) is 47.9 Å². The monoisotopic (exact) mass is 368 g/mol. The molecule has 5 nitrogen and oxygen atoms in total. The molecule has 1 atom stereocenters. The fourth-order valence-electron chi connectivity index (χ4n) is 2.01. The van der Waals surface area contributed by atoms with Crippen molar-refractivity contribution in [3.63, 3.8) is 0 Å². The fourth-order valence-corrected chi connectivity index (χ4v) is 2.41. The van der Waals surface area contributed by atoms with Crippen LogP contribution in [-0.4, -0.2) is 52.8 Å². The number of rotatable bonds is 3. The minimum absolute atomic E-state index is 0.0768. The number of hydrogen-bond acceptors (Lipinski definition) is 4. The van der Waals surface area contributed by atoms with Gasteiger partial charge in [0.15, 0.2) is 0 Å². The van der Waals surface area contributed by atoms with E-state index < -0.39 is 6.29 Å². The number of hydrogen-bond donors (Lipinski definition) is 3. The third-order valence-electron chi connectivity index (χ3n) is 3.16. The summed E-state index contributed by atoms with van der Waals surface area (Å²) in [6.45, 7) is 5.09. The van der Waals surface area contributed by atoms with E-state index in [4.69, 9.17) is 10.2 Å². The quantitative estimate of drug-likeness (QED) is 0.715. The first-order valence-corrected chi connectivity index (χ1v) is 9.87. The van der Waals surface area contributed by atoms with E-state index in [1.807, 2.05) is 66.0 Å². The molecule has 1 aliphatic heterocycles. The SMILES string of the molecule is CC(O)O.CS/C=C/C(C)NC(=O)N1CCCCC1.c1ccccc1. The van der Waals surface area contributed by atoms with Gasteiger partial charge in [0.05, 0.1) is 0 Å². The largest absolute Gasteiger partial charge is 0.368 e. The van der Waals surface area contributed by atoms with Crippen LogP contribution >= 0.6 is 11.8 Å². The number of piperidine rings is 1. The van der Waals surface area contributed by atoms with E-state index in [-0.39, 0.29) is 12.1 Å². The van der Waals surface area contributed by atoms with Gasteiger partial charge in [-0.2, -0.15) is 0 Å². The minimum Gasteiger partial charge on any atom is -0.368 e. The zero-order valence-electron chi connectivity index (χ0n) is 15.5. The molecular formula is C19H32N2O3S. The number of aliphatic hydroxyl groups excluding tert-OH is 1. The average molecular weight is 369 g/mol. The van der Waals surface area contributed by atoms with Gasteiger partial charge < -0.3 is 20.4 Å². The molecule has 1 aliphatic rings. The van der Waals surface area contributed by atoms with Crippen LogP contribution in [0.4, 0.5) is 4.79 Å². The molecule has 6 heteroatoms. The van der Waals surface area contributed by atoms with E-state index in [1.54, 1.807) is 11.8 Å². The molecule has 2 amide bonds. The van der Waals surface area contributed by atoms with E-state index in [2.05, 4.69) is 5.32 Å². The Balaban J connectivity index is 0.000000470. The van der Waals surface area contributed by atoms with Crippen molar-refractivity contribution in [1.82, 2.24) is 10.2 Å². The van der Waals surface area contributed by atoms with Gasteiger partial charge in [-0.3, -0.25) is 0 Å². The molecule has 0 saturated carbocycles. The molecule has 0 aromatic heterocycles. The van der Waals surface area contributed by atoms with Crippen LogP contribution in [0.25, 0.3) is 0 Å². The molecule has 1 aromatic rings. The maximum Gasteiger partial charge on any atom is 0.317 e. The molecule has 1 heterocycles. The first-order valence-electron chi connectivity index (χ1n) is 8.58. The van der Waals surface area contributed by atoms with Gasteiger partial charge in [0.1, 0.15) is 6.29 Å². The molecule has 0 bridgehead atoms. The molecule has 0 spiro atoms. The molecular weight excluding hydrogens is 336 g/mol. The number of carbonyl (C=O) groups excluding carboxylic acids is 1. The Morgan fingerprint density at radius 1 is 1.04 bits per heavy atom. The number of likely N-dealkylation sites (tertiary alicyclic amines) is 1. The van der Waals surface area contributed by atoms with Crippen molar-refractivity contribution < 1.29 is 15.0 Å². The van der Waals surface area contributed by atoms with E-state index in [1.165, 1.54) is 13.3 Å². The number of thioether (sulfide) groups is 1. The van der Waals surface area contributed by atoms with Crippen LogP contribution < -0.4 is 5.32 Å². The highest BCUT2D eigenvalue weighted by molar-refractivity contribution is 8.01. The Kier molecular flexibility index (Phi) is 15.0. The fraction of sp³-hybridized carbons (Fsp3) is 0.526. The van der Waals surface area contributed by atoms with Crippen molar-refractivity contribution in [3.8, 4) is 0 Å². The summed E-state index contributed by atoms with van der Waals surface area (Å²) in [6.07, 6.45) is 6.39. The minimum atomic E-state index is -1.17. The van der Waals surface area contributed by atoms with Crippen LogP contribution in [0.3, 0.4) is 0 Å². The van der Waals surface area contributed by atoms with Gasteiger partial charge >= 0.3 is 6.03 Å². The Morgan fingerprint density at radius 2 is 1.48 bits per heavy atom. The van der Waals surface area contributed by atoms with Crippen LogP contribution in [-0.2, 0) is 0 Å². The summed E-state index contributed by atoms with van der Waals surface area (Å²) in [7, 11) is 0. The summed E-state index contributed by atoms with van der Waals surface area (Å²) in [6, 6.07) is 12.2. The van der Waals surface area contributed by atoms with Crippen molar-refractivity contribution in [2.75, 3.05) is 19.3 Å². The second kappa shape index (κ2) is 16.0. The third-order valence-corrected chi connectivity index (χ3v) is 3.59. The number of nitrogens with zero attached hydrogens (tertiary/aromatic N) is 1. The van der Waals surface area contributed by atoms with E-state index >= 15 is 0 Å². The first kappa shape index (κ1) is 23.5. The number of aliphatic hydroxyl groups is 2. The predicted octanol–water partition coefficient (Wildman–Crippen LogP) is 3.45. The lowest BCUT2D eigenvalue weighted by molar-refractivity contribution is -0.0228. The normalized spacial score (nSPS) is 14.9. The second-order valence-corrected chi connectivity index (χ2v) is 6.38. The van der Waals surface area contributed by atoms with Gasteiger partial charge in [0, 0.05) is 19.1 Å². The van der Waals surface area contributed by atoms with Crippen LogP contribution in [0.1, 0.15) is 33.1 Å². The number of benzene rings is 1. The van der Waals surface area contributed by atoms with Crippen LogP contribution in [0.5, 0.6) is 0 Å². The molecule has 142 valence electrons. The zero-order valence-corrected chi connectivity index (χ0v) is 16.3. The number of amides is 2. The second-order valence-electron chi connectivity index (χ2n) is 5.64. The Bertz CT molecular complexity index is 420. The van der Waals surface area contributed by atoms with Crippen molar-refractivity contribution in [2.24, 2.45) is 0 Å². The summed E-state index contributed by atoms with van der Waals surface area (Å²) in [5.41, 5.74) is 0. The molecule has 1 saturated heterocycles. The van der Waals surface area contributed by atoms with Crippen LogP contribution in [0, 0.1) is 0 Å². The van der Waals surface area contributed by atoms with E-state index in [0.717, 1.165) is 25.9 Å². The van der Waals surface area contributed by atoms with Crippen molar-refractivity contribution >= 4 is 17.8 Å². The molecule has 1 fully saturated rings. The zero-order chi connectivity index (χ0) is 18.9. The molecule has 0 radical (unpaired) electrons. The van der Waals surface area contributed by atoms with Gasteiger partial charge in [0.2, 0.25) is 0 Å². The standard InChI is InChI=1S/C11H20N2OS.C6H6.C2H6O2/c1-10(6-9-15-2)12-11(14)13-7-4-3-5-8-13;1-2-4-6-5-3-1;1-2(3)4/h6,9-10H,3-5,7-8H2,1-2H3,(H,12,14);1-6H;2-4H,1H3/b9-6+;;. The molecule has 0 aliphatic carbocycles. The molecule has 2 rings (SSSR count). The van der Waals surface area contributed by atoms with Crippen LogP contribution in [0.2, 0.25) is 0 Å². The molecule has 1 aromatic carbocycles. The number of urea groups is 1. The first-order chi connectivity index (χ1) is 12.0. The maximum absolute atomic E-state index is 11.7. The van der Waals surface area contributed by atoms with Gasteiger partial charge in [-0.25, -0.2) is 4.79 Å². The average Bonchev–Trinajstić information content (AvgIpc) is 2.62. The molecule has 25 heavy (non-hydrogen) atoms. The lowest BCUT2D eigenvalue weighted by atomic mass is 10.1. The summed E-state index contributed by atoms with van der Waals surface area (Å²) in [5, 5.41) is 20.2. The molecule has 1 unspecified atom stereocenters. The van der Waals surface area contributed by atoms with E-state index in [0.29, 0.717) is 0 Å². The van der Waals surface area contributed by atoms with Crippen molar-refractivity contribution in [1.29, 1.82) is 0 Å². The third kappa shape index (κ3) is 15.8. The van der Waals surface area contributed by atoms with Crippen molar-refractivity contribution in [2.45, 2.75) is 45.4 Å². The van der Waals surface area contributed by atoms with Gasteiger partial charge in [-0.05, 0) is 44.8 Å².